The Kier molecular flexibility index (Phi) is 3.91. The van der Waals surface area contributed by atoms with Crippen LogP contribution < -0.4 is 4.72 Å². The Balaban J connectivity index is 2.15. The first kappa shape index (κ1) is 13.0. The molecule has 0 radical (unpaired) electrons. The van der Waals surface area contributed by atoms with E-state index in [-0.39, 0.29) is 10.9 Å². The first-order chi connectivity index (χ1) is 8.62. The summed E-state index contributed by atoms with van der Waals surface area (Å²) >= 11 is 0. The van der Waals surface area contributed by atoms with E-state index in [4.69, 9.17) is 0 Å². The molecule has 0 aliphatic heterocycles. The molecular weight excluding hydrogens is 252 g/mol. The summed E-state index contributed by atoms with van der Waals surface area (Å²) in [6, 6.07) is 5.88. The van der Waals surface area contributed by atoms with E-state index in [9.17, 15) is 13.2 Å². The molecule has 6 heteroatoms. The maximum Gasteiger partial charge on any atom is 0.240 e. The van der Waals surface area contributed by atoms with Crippen molar-refractivity contribution in [3.63, 3.8) is 0 Å². The molecule has 1 fully saturated rings. The molecule has 0 bridgehead atoms. The molecule has 2 rings (SSSR count). The van der Waals surface area contributed by atoms with Gasteiger partial charge in [0.25, 0.3) is 0 Å². The molecule has 0 heterocycles. The Labute approximate surface area is 106 Å². The number of isocyanates is 1. The van der Waals surface area contributed by atoms with Crippen molar-refractivity contribution in [2.75, 3.05) is 0 Å². The number of rotatable bonds is 4. The van der Waals surface area contributed by atoms with Crippen molar-refractivity contribution in [2.45, 2.75) is 36.6 Å². The minimum Gasteiger partial charge on any atom is -0.211 e. The summed E-state index contributed by atoms with van der Waals surface area (Å²) < 4.78 is 26.8. The second kappa shape index (κ2) is 5.44. The van der Waals surface area contributed by atoms with Crippen LogP contribution in [0.2, 0.25) is 0 Å². The van der Waals surface area contributed by atoms with E-state index < -0.39 is 10.0 Å². The number of hydrogen-bond acceptors (Lipinski definition) is 4. The standard InChI is InChI=1S/C12H14N2O3S/c15-9-13-10-5-7-12(8-6-10)18(16,17)14-11-3-1-2-4-11/h5-8,11,14H,1-4H2. The van der Waals surface area contributed by atoms with Gasteiger partial charge in [-0.3, -0.25) is 0 Å². The summed E-state index contributed by atoms with van der Waals surface area (Å²) in [5.74, 6) is 0. The molecule has 0 unspecified atom stereocenters. The molecule has 1 saturated carbocycles. The molecule has 0 saturated heterocycles. The predicted molar refractivity (Wildman–Crippen MR) is 66.8 cm³/mol. The molecule has 0 aromatic heterocycles. The Bertz CT molecular complexity index is 553. The van der Waals surface area contributed by atoms with E-state index >= 15 is 0 Å². The molecule has 18 heavy (non-hydrogen) atoms. The fourth-order valence-electron chi connectivity index (χ4n) is 2.08. The highest BCUT2D eigenvalue weighted by molar-refractivity contribution is 7.89. The lowest BCUT2D eigenvalue weighted by Crippen LogP contribution is -2.32. The van der Waals surface area contributed by atoms with Crippen LogP contribution in [0.1, 0.15) is 25.7 Å². The average molecular weight is 266 g/mol. The summed E-state index contributed by atoms with van der Waals surface area (Å²) in [5, 5.41) is 0. The van der Waals surface area contributed by atoms with E-state index in [0.29, 0.717) is 5.69 Å². The summed E-state index contributed by atoms with van der Waals surface area (Å²) in [5.41, 5.74) is 0.393. The highest BCUT2D eigenvalue weighted by atomic mass is 32.2. The van der Waals surface area contributed by atoms with Crippen molar-refractivity contribution in [1.82, 2.24) is 4.72 Å². The molecule has 5 nitrogen and oxygen atoms in total. The quantitative estimate of drug-likeness (QED) is 0.667. The van der Waals surface area contributed by atoms with Crippen LogP contribution in [0.3, 0.4) is 0 Å². The second-order valence-corrected chi connectivity index (χ2v) is 6.01. The maximum absolute atomic E-state index is 12.0. The van der Waals surface area contributed by atoms with Crippen molar-refractivity contribution < 1.29 is 13.2 Å². The third kappa shape index (κ3) is 3.04. The highest BCUT2D eigenvalue weighted by Gasteiger charge is 2.22. The van der Waals surface area contributed by atoms with Crippen LogP contribution in [0, 0.1) is 0 Å². The van der Waals surface area contributed by atoms with Crippen LogP contribution in [-0.4, -0.2) is 20.5 Å². The minimum atomic E-state index is -3.47. The maximum atomic E-state index is 12.0. The van der Waals surface area contributed by atoms with Gasteiger partial charge >= 0.3 is 0 Å². The van der Waals surface area contributed by atoms with E-state index in [2.05, 4.69) is 9.71 Å². The van der Waals surface area contributed by atoms with E-state index in [1.165, 1.54) is 30.3 Å². The van der Waals surface area contributed by atoms with E-state index in [0.717, 1.165) is 25.7 Å². The fourth-order valence-corrected chi connectivity index (χ4v) is 3.39. The van der Waals surface area contributed by atoms with Crippen molar-refractivity contribution in [1.29, 1.82) is 0 Å². The topological polar surface area (TPSA) is 75.6 Å². The number of carbonyl (C=O) groups excluding carboxylic acids is 1. The van der Waals surface area contributed by atoms with Gasteiger partial charge in [-0.1, -0.05) is 12.8 Å². The molecule has 1 aromatic rings. The number of aliphatic imine (C=N–C) groups is 1. The highest BCUT2D eigenvalue weighted by Crippen LogP contribution is 2.21. The summed E-state index contributed by atoms with van der Waals surface area (Å²) in [7, 11) is -3.47. The van der Waals surface area contributed by atoms with Gasteiger partial charge in [0.15, 0.2) is 0 Å². The minimum absolute atomic E-state index is 0.0441. The average Bonchev–Trinajstić information content (AvgIpc) is 2.82. The number of sulfonamides is 1. The summed E-state index contributed by atoms with van der Waals surface area (Å²) in [4.78, 5) is 13.7. The number of nitrogens with zero attached hydrogens (tertiary/aromatic N) is 1. The summed E-state index contributed by atoms with van der Waals surface area (Å²) in [6.45, 7) is 0. The SMILES string of the molecule is O=C=Nc1ccc(S(=O)(=O)NC2CCCC2)cc1. The van der Waals surface area contributed by atoms with Crippen LogP contribution >= 0.6 is 0 Å². The van der Waals surface area contributed by atoms with Crippen molar-refractivity contribution in [3.8, 4) is 0 Å². The molecule has 1 aliphatic carbocycles. The van der Waals surface area contributed by atoms with Gasteiger partial charge in [-0.2, -0.15) is 4.99 Å². The molecule has 0 spiro atoms. The van der Waals surface area contributed by atoms with Gasteiger partial charge in [-0.05, 0) is 37.1 Å². The molecule has 0 atom stereocenters. The molecule has 1 N–H and O–H groups in total. The van der Waals surface area contributed by atoms with E-state index in [1.807, 2.05) is 0 Å². The van der Waals surface area contributed by atoms with Crippen LogP contribution in [0.4, 0.5) is 5.69 Å². The molecule has 0 amide bonds. The second-order valence-electron chi connectivity index (χ2n) is 4.30. The Morgan fingerprint density at radius 2 is 1.78 bits per heavy atom. The lowest BCUT2D eigenvalue weighted by atomic mass is 10.3. The zero-order valence-electron chi connectivity index (χ0n) is 9.80. The number of nitrogens with one attached hydrogen (secondary N) is 1. The van der Waals surface area contributed by atoms with Crippen LogP contribution in [0.5, 0.6) is 0 Å². The van der Waals surface area contributed by atoms with Crippen molar-refractivity contribution >= 4 is 21.8 Å². The van der Waals surface area contributed by atoms with Crippen LogP contribution in [0.15, 0.2) is 34.2 Å². The molecular formula is C12H14N2O3S. The zero-order chi connectivity index (χ0) is 13.0. The Hall–Kier alpha value is -1.49. The van der Waals surface area contributed by atoms with Gasteiger partial charge in [0, 0.05) is 6.04 Å². The fraction of sp³-hybridized carbons (Fsp3) is 0.417. The number of benzene rings is 1. The first-order valence-corrected chi connectivity index (χ1v) is 7.30. The van der Waals surface area contributed by atoms with E-state index in [1.54, 1.807) is 0 Å². The lowest BCUT2D eigenvalue weighted by Gasteiger charge is -2.12. The summed E-state index contributed by atoms with van der Waals surface area (Å²) in [6.07, 6.45) is 5.34. The molecule has 96 valence electrons. The normalized spacial score (nSPS) is 16.4. The molecule has 1 aromatic carbocycles. The Morgan fingerprint density at radius 1 is 1.17 bits per heavy atom. The van der Waals surface area contributed by atoms with Crippen molar-refractivity contribution in [2.24, 2.45) is 4.99 Å². The first-order valence-electron chi connectivity index (χ1n) is 5.82. The third-order valence-corrected chi connectivity index (χ3v) is 4.54. The van der Waals surface area contributed by atoms with Crippen LogP contribution in [-0.2, 0) is 14.8 Å². The van der Waals surface area contributed by atoms with Crippen LogP contribution in [0.25, 0.3) is 0 Å². The van der Waals surface area contributed by atoms with Gasteiger partial charge in [-0.25, -0.2) is 17.9 Å². The zero-order valence-corrected chi connectivity index (χ0v) is 10.6. The molecule has 1 aliphatic rings. The van der Waals surface area contributed by atoms with Gasteiger partial charge in [0.2, 0.25) is 16.1 Å². The van der Waals surface area contributed by atoms with Gasteiger partial charge in [0.05, 0.1) is 10.6 Å². The van der Waals surface area contributed by atoms with Gasteiger partial charge < -0.3 is 0 Å². The third-order valence-electron chi connectivity index (χ3n) is 3.00. The monoisotopic (exact) mass is 266 g/mol. The predicted octanol–water partition coefficient (Wildman–Crippen LogP) is 1.87. The van der Waals surface area contributed by atoms with Crippen molar-refractivity contribution in [3.05, 3.63) is 24.3 Å². The smallest absolute Gasteiger partial charge is 0.211 e. The number of hydrogen-bond donors (Lipinski definition) is 1. The lowest BCUT2D eigenvalue weighted by molar-refractivity contribution is 0.552. The largest absolute Gasteiger partial charge is 0.240 e. The van der Waals surface area contributed by atoms with Gasteiger partial charge in [0.1, 0.15) is 0 Å². The Morgan fingerprint density at radius 3 is 2.33 bits per heavy atom. The van der Waals surface area contributed by atoms with Gasteiger partial charge in [-0.15, -0.1) is 0 Å².